The summed E-state index contributed by atoms with van der Waals surface area (Å²) in [5.74, 6) is 0.453. The highest BCUT2D eigenvalue weighted by molar-refractivity contribution is 7.99. The smallest absolute Gasteiger partial charge is 0.264 e. The monoisotopic (exact) mass is 485 g/mol. The second-order valence-electron chi connectivity index (χ2n) is 6.62. The van der Waals surface area contributed by atoms with E-state index in [2.05, 4.69) is 20.5 Å². The number of nitrogens with zero attached hydrogens (tertiary/aromatic N) is 3. The fourth-order valence-electron chi connectivity index (χ4n) is 2.83. The van der Waals surface area contributed by atoms with Crippen LogP contribution in [0, 0.1) is 0 Å². The Morgan fingerprint density at radius 3 is 2.69 bits per heavy atom. The van der Waals surface area contributed by atoms with E-state index in [4.69, 9.17) is 0 Å². The Labute approximate surface area is 193 Å². The van der Waals surface area contributed by atoms with Gasteiger partial charge >= 0.3 is 0 Å². The molecule has 164 valence electrons. The Bertz CT molecular complexity index is 1310. The lowest BCUT2D eigenvalue weighted by Crippen LogP contribution is -2.26. The van der Waals surface area contributed by atoms with E-state index in [0.717, 1.165) is 4.88 Å². The van der Waals surface area contributed by atoms with E-state index in [1.165, 1.54) is 35.2 Å². The van der Waals surface area contributed by atoms with Gasteiger partial charge in [-0.05, 0) is 41.8 Å². The molecule has 11 heteroatoms. The molecule has 0 saturated carbocycles. The zero-order chi connectivity index (χ0) is 22.6. The fraction of sp³-hybridized carbons (Fsp3) is 0.0952. The van der Waals surface area contributed by atoms with Gasteiger partial charge in [0.1, 0.15) is 0 Å². The topological polar surface area (TPSA) is 108 Å². The molecule has 0 unspecified atom stereocenters. The van der Waals surface area contributed by atoms with Crippen LogP contribution >= 0.6 is 23.1 Å². The molecule has 2 N–H and O–H groups in total. The van der Waals surface area contributed by atoms with Crippen LogP contribution in [0.25, 0.3) is 10.7 Å². The Morgan fingerprint density at radius 1 is 1.12 bits per heavy atom. The number of hydrogen-bond donors (Lipinski definition) is 2. The van der Waals surface area contributed by atoms with E-state index in [-0.39, 0.29) is 16.6 Å². The standard InChI is InChI=1S/C21H19N5O3S3/c1-26(16-8-3-2-4-9-16)32(28,29)17-10-5-7-15(13-17)22-19(27)14-31-21-23-20(24-25-21)18-11-6-12-30-18/h2-13H,14H2,1H3,(H,22,27)(H,23,24,25). The molecule has 1 amide bonds. The van der Waals surface area contributed by atoms with Gasteiger partial charge < -0.3 is 5.32 Å². The second kappa shape index (κ2) is 9.55. The number of benzene rings is 2. The Hall–Kier alpha value is -3.15. The first-order chi connectivity index (χ1) is 15.4. The molecule has 0 radical (unpaired) electrons. The van der Waals surface area contributed by atoms with Gasteiger partial charge in [0.2, 0.25) is 11.1 Å². The fourth-order valence-corrected chi connectivity index (χ4v) is 5.33. The van der Waals surface area contributed by atoms with Gasteiger partial charge in [0.05, 0.1) is 21.2 Å². The molecular formula is C21H19N5O3S3. The number of hydrogen-bond acceptors (Lipinski definition) is 7. The molecule has 4 aromatic rings. The lowest BCUT2D eigenvalue weighted by Gasteiger charge is -2.19. The van der Waals surface area contributed by atoms with Crippen LogP contribution in [0.5, 0.6) is 0 Å². The molecule has 2 heterocycles. The number of thiophene rings is 1. The zero-order valence-corrected chi connectivity index (χ0v) is 19.4. The summed E-state index contributed by atoms with van der Waals surface area (Å²) in [7, 11) is -2.28. The third-order valence-corrected chi connectivity index (χ3v) is 7.95. The molecule has 32 heavy (non-hydrogen) atoms. The van der Waals surface area contributed by atoms with E-state index < -0.39 is 10.0 Å². The zero-order valence-electron chi connectivity index (χ0n) is 16.9. The number of carbonyl (C=O) groups excluding carboxylic acids is 1. The summed E-state index contributed by atoms with van der Waals surface area (Å²) in [6, 6.07) is 18.8. The second-order valence-corrected chi connectivity index (χ2v) is 10.5. The predicted molar refractivity (Wildman–Crippen MR) is 128 cm³/mol. The summed E-state index contributed by atoms with van der Waals surface area (Å²) in [5.41, 5.74) is 0.944. The van der Waals surface area contributed by atoms with Crippen LogP contribution < -0.4 is 9.62 Å². The summed E-state index contributed by atoms with van der Waals surface area (Å²) in [6.45, 7) is 0. The van der Waals surface area contributed by atoms with Crippen molar-refractivity contribution >= 4 is 50.4 Å². The van der Waals surface area contributed by atoms with Gasteiger partial charge in [0.15, 0.2) is 5.82 Å². The molecule has 0 spiro atoms. The minimum atomic E-state index is -3.77. The number of rotatable bonds is 8. The Kier molecular flexibility index (Phi) is 6.58. The van der Waals surface area contributed by atoms with Crippen molar-refractivity contribution < 1.29 is 13.2 Å². The first-order valence-corrected chi connectivity index (χ1v) is 12.8. The van der Waals surface area contributed by atoms with Crippen LogP contribution in [-0.2, 0) is 14.8 Å². The molecule has 2 aromatic heterocycles. The van der Waals surface area contributed by atoms with Gasteiger partial charge in [-0.15, -0.1) is 16.4 Å². The molecule has 2 aromatic carbocycles. The molecule has 0 aliphatic rings. The highest BCUT2D eigenvalue weighted by Crippen LogP contribution is 2.25. The number of nitrogens with one attached hydrogen (secondary N) is 2. The molecule has 0 aliphatic carbocycles. The average Bonchev–Trinajstić information content (AvgIpc) is 3.50. The van der Waals surface area contributed by atoms with Gasteiger partial charge in [0.25, 0.3) is 10.0 Å². The highest BCUT2D eigenvalue weighted by Gasteiger charge is 2.21. The molecular weight excluding hydrogens is 466 g/mol. The van der Waals surface area contributed by atoms with Crippen molar-refractivity contribution in [2.75, 3.05) is 22.4 Å². The van der Waals surface area contributed by atoms with E-state index in [1.54, 1.807) is 47.7 Å². The van der Waals surface area contributed by atoms with Gasteiger partial charge in [0, 0.05) is 12.7 Å². The summed E-state index contributed by atoms with van der Waals surface area (Å²) < 4.78 is 27.1. The first-order valence-electron chi connectivity index (χ1n) is 9.46. The maximum Gasteiger partial charge on any atom is 0.264 e. The molecule has 0 fully saturated rings. The maximum absolute atomic E-state index is 13.0. The SMILES string of the molecule is CN(c1ccccc1)S(=O)(=O)c1cccc(NC(=O)CSc2n[nH]c(-c3cccs3)n2)c1. The number of carbonyl (C=O) groups is 1. The molecule has 0 atom stereocenters. The van der Waals surface area contributed by atoms with E-state index in [9.17, 15) is 13.2 Å². The number of anilines is 2. The maximum atomic E-state index is 13.0. The van der Waals surface area contributed by atoms with Crippen LogP contribution in [0.3, 0.4) is 0 Å². The van der Waals surface area contributed by atoms with Crippen LogP contribution in [-0.4, -0.2) is 42.3 Å². The third-order valence-electron chi connectivity index (χ3n) is 4.45. The van der Waals surface area contributed by atoms with E-state index >= 15 is 0 Å². The normalized spacial score (nSPS) is 11.3. The summed E-state index contributed by atoms with van der Waals surface area (Å²) in [4.78, 5) is 17.8. The average molecular weight is 486 g/mol. The Balaban J connectivity index is 1.40. The number of aromatic amines is 1. The summed E-state index contributed by atoms with van der Waals surface area (Å²) in [5, 5.41) is 12.1. The minimum Gasteiger partial charge on any atom is -0.325 e. The summed E-state index contributed by atoms with van der Waals surface area (Å²) in [6.07, 6.45) is 0. The number of thioether (sulfide) groups is 1. The number of H-pyrrole nitrogens is 1. The van der Waals surface area contributed by atoms with Crippen molar-refractivity contribution in [1.82, 2.24) is 15.2 Å². The van der Waals surface area contributed by atoms with Crippen molar-refractivity contribution in [3.05, 3.63) is 72.1 Å². The molecule has 0 aliphatic heterocycles. The van der Waals surface area contributed by atoms with Crippen molar-refractivity contribution in [3.63, 3.8) is 0 Å². The molecule has 0 saturated heterocycles. The van der Waals surface area contributed by atoms with E-state index in [0.29, 0.717) is 22.4 Å². The molecule has 0 bridgehead atoms. The van der Waals surface area contributed by atoms with Crippen LogP contribution in [0.1, 0.15) is 0 Å². The lowest BCUT2D eigenvalue weighted by molar-refractivity contribution is -0.113. The van der Waals surface area contributed by atoms with Crippen molar-refractivity contribution in [2.24, 2.45) is 0 Å². The van der Waals surface area contributed by atoms with Crippen LogP contribution in [0.15, 0.2) is 82.2 Å². The number of para-hydroxylation sites is 1. The third kappa shape index (κ3) is 5.01. The first kappa shape index (κ1) is 22.1. The van der Waals surface area contributed by atoms with Gasteiger partial charge in [-0.1, -0.05) is 42.1 Å². The quantitative estimate of drug-likeness (QED) is 0.364. The molecule has 8 nitrogen and oxygen atoms in total. The van der Waals surface area contributed by atoms with Gasteiger partial charge in [-0.3, -0.25) is 14.2 Å². The Morgan fingerprint density at radius 2 is 1.94 bits per heavy atom. The molecule has 4 rings (SSSR count). The predicted octanol–water partition coefficient (Wildman–Crippen LogP) is 4.09. The van der Waals surface area contributed by atoms with Crippen molar-refractivity contribution in [3.8, 4) is 10.7 Å². The summed E-state index contributed by atoms with van der Waals surface area (Å²) >= 11 is 2.73. The number of amides is 1. The van der Waals surface area contributed by atoms with Crippen LogP contribution in [0.2, 0.25) is 0 Å². The number of aromatic nitrogens is 3. The minimum absolute atomic E-state index is 0.0859. The van der Waals surface area contributed by atoms with Gasteiger partial charge in [-0.25, -0.2) is 13.4 Å². The van der Waals surface area contributed by atoms with Crippen molar-refractivity contribution in [2.45, 2.75) is 10.1 Å². The van der Waals surface area contributed by atoms with E-state index in [1.807, 2.05) is 23.6 Å². The number of sulfonamides is 1. The van der Waals surface area contributed by atoms with Gasteiger partial charge in [-0.2, -0.15) is 0 Å². The lowest BCUT2D eigenvalue weighted by atomic mass is 10.3. The largest absolute Gasteiger partial charge is 0.325 e. The van der Waals surface area contributed by atoms with Crippen LogP contribution in [0.4, 0.5) is 11.4 Å². The van der Waals surface area contributed by atoms with Crippen molar-refractivity contribution in [1.29, 1.82) is 0 Å². The highest BCUT2D eigenvalue weighted by atomic mass is 32.2.